The Morgan fingerprint density at radius 3 is 3.07 bits per heavy atom. The van der Waals surface area contributed by atoms with Gasteiger partial charge >= 0.3 is 0 Å². The van der Waals surface area contributed by atoms with Gasteiger partial charge in [0.25, 0.3) is 0 Å². The molecule has 0 aliphatic carbocycles. The maximum atomic E-state index is 5.89. The largest absolute Gasteiger partial charge is 0.248 e. The average Bonchev–Trinajstić information content (AvgIpc) is 2.67. The van der Waals surface area contributed by atoms with Crippen molar-refractivity contribution in [1.82, 2.24) is 15.0 Å². The average molecular weight is 220 g/mol. The van der Waals surface area contributed by atoms with E-state index in [9.17, 15) is 0 Å². The number of rotatable bonds is 3. The third kappa shape index (κ3) is 2.25. The van der Waals surface area contributed by atoms with Crippen LogP contribution in [0.25, 0.3) is 11.3 Å². The lowest BCUT2D eigenvalue weighted by atomic mass is 10.2. The number of hydrogen-bond donors (Lipinski definition) is 0. The molecular formula is C11H10ClN3. The second-order valence-electron chi connectivity index (χ2n) is 3.12. The first-order chi connectivity index (χ1) is 7.29. The summed E-state index contributed by atoms with van der Waals surface area (Å²) in [5, 5.41) is 8.72. The van der Waals surface area contributed by atoms with Crippen molar-refractivity contribution in [2.45, 2.75) is 6.54 Å². The summed E-state index contributed by atoms with van der Waals surface area (Å²) in [5.41, 5.74) is 1.79. The summed E-state index contributed by atoms with van der Waals surface area (Å²) < 4.78 is 1.73. The van der Waals surface area contributed by atoms with Crippen molar-refractivity contribution in [1.29, 1.82) is 0 Å². The van der Waals surface area contributed by atoms with Gasteiger partial charge < -0.3 is 0 Å². The molecule has 1 heterocycles. The fourth-order valence-electron chi connectivity index (χ4n) is 1.30. The van der Waals surface area contributed by atoms with Crippen LogP contribution in [0.1, 0.15) is 0 Å². The zero-order valence-electron chi connectivity index (χ0n) is 8.10. The van der Waals surface area contributed by atoms with Crippen LogP contribution in [0.4, 0.5) is 0 Å². The molecular weight excluding hydrogens is 210 g/mol. The van der Waals surface area contributed by atoms with Crippen molar-refractivity contribution >= 4 is 11.6 Å². The molecule has 76 valence electrons. The molecule has 15 heavy (non-hydrogen) atoms. The Kier molecular flexibility index (Phi) is 2.83. The van der Waals surface area contributed by atoms with Gasteiger partial charge in [0.05, 0.1) is 12.7 Å². The van der Waals surface area contributed by atoms with Gasteiger partial charge in [-0.15, -0.1) is 11.7 Å². The van der Waals surface area contributed by atoms with Crippen LogP contribution in [0.5, 0.6) is 0 Å². The lowest BCUT2D eigenvalue weighted by Gasteiger charge is -1.95. The summed E-state index contributed by atoms with van der Waals surface area (Å²) >= 11 is 5.89. The summed E-state index contributed by atoms with van der Waals surface area (Å²) in [5.74, 6) is 0. The van der Waals surface area contributed by atoms with Crippen molar-refractivity contribution in [3.05, 3.63) is 48.1 Å². The Morgan fingerprint density at radius 2 is 2.33 bits per heavy atom. The number of halogens is 1. The number of hydrogen-bond acceptors (Lipinski definition) is 2. The minimum absolute atomic E-state index is 0.660. The quantitative estimate of drug-likeness (QED) is 0.744. The molecule has 0 amide bonds. The van der Waals surface area contributed by atoms with Crippen LogP contribution in [0.3, 0.4) is 0 Å². The van der Waals surface area contributed by atoms with Crippen molar-refractivity contribution in [2.24, 2.45) is 0 Å². The summed E-state index contributed by atoms with van der Waals surface area (Å²) in [6.45, 7) is 4.30. The minimum Gasteiger partial charge on any atom is -0.248 e. The Morgan fingerprint density at radius 1 is 1.47 bits per heavy atom. The number of benzene rings is 1. The zero-order chi connectivity index (χ0) is 10.7. The van der Waals surface area contributed by atoms with Gasteiger partial charge in [0.1, 0.15) is 5.69 Å². The van der Waals surface area contributed by atoms with E-state index in [1.165, 1.54) is 0 Å². The van der Waals surface area contributed by atoms with E-state index in [1.54, 1.807) is 10.8 Å². The molecule has 1 aromatic heterocycles. The highest BCUT2D eigenvalue weighted by Crippen LogP contribution is 2.19. The summed E-state index contributed by atoms with van der Waals surface area (Å²) in [6, 6.07) is 7.54. The molecule has 0 radical (unpaired) electrons. The Balaban J connectivity index is 2.32. The first-order valence-corrected chi connectivity index (χ1v) is 4.94. The van der Waals surface area contributed by atoms with Crippen molar-refractivity contribution in [3.63, 3.8) is 0 Å². The molecule has 4 heteroatoms. The third-order valence-corrected chi connectivity index (χ3v) is 2.21. The standard InChI is InChI=1S/C11H10ClN3/c1-2-6-15-8-11(13-14-15)9-4-3-5-10(12)7-9/h2-5,7-8H,1,6H2. The van der Waals surface area contributed by atoms with E-state index in [0.29, 0.717) is 11.6 Å². The fourth-order valence-corrected chi connectivity index (χ4v) is 1.49. The van der Waals surface area contributed by atoms with Crippen molar-refractivity contribution in [2.75, 3.05) is 0 Å². The SMILES string of the molecule is C=CCn1cc(-c2cccc(Cl)c2)nn1. The smallest absolute Gasteiger partial charge is 0.113 e. The van der Waals surface area contributed by atoms with Crippen LogP contribution in [0.15, 0.2) is 43.1 Å². The topological polar surface area (TPSA) is 30.7 Å². The molecule has 1 aromatic carbocycles. The first-order valence-electron chi connectivity index (χ1n) is 4.56. The molecule has 0 N–H and O–H groups in total. The van der Waals surface area contributed by atoms with Crippen LogP contribution < -0.4 is 0 Å². The Bertz CT molecular complexity index is 476. The molecule has 2 rings (SSSR count). The first kappa shape index (κ1) is 9.93. The normalized spacial score (nSPS) is 10.2. The summed E-state index contributed by atoms with van der Waals surface area (Å²) in [4.78, 5) is 0. The number of aromatic nitrogens is 3. The molecule has 0 bridgehead atoms. The molecule has 0 unspecified atom stereocenters. The monoisotopic (exact) mass is 219 g/mol. The predicted octanol–water partition coefficient (Wildman–Crippen LogP) is 2.78. The van der Waals surface area contributed by atoms with E-state index >= 15 is 0 Å². The number of allylic oxidation sites excluding steroid dienone is 1. The van der Waals surface area contributed by atoms with E-state index in [4.69, 9.17) is 11.6 Å². The highest BCUT2D eigenvalue weighted by atomic mass is 35.5. The van der Waals surface area contributed by atoms with E-state index in [2.05, 4.69) is 16.9 Å². The van der Waals surface area contributed by atoms with Gasteiger partial charge in [0.15, 0.2) is 0 Å². The van der Waals surface area contributed by atoms with Gasteiger partial charge in [-0.1, -0.05) is 35.0 Å². The van der Waals surface area contributed by atoms with Gasteiger partial charge in [-0.05, 0) is 12.1 Å². The lowest BCUT2D eigenvalue weighted by Crippen LogP contribution is -1.94. The highest BCUT2D eigenvalue weighted by molar-refractivity contribution is 6.30. The minimum atomic E-state index is 0.660. The van der Waals surface area contributed by atoms with Gasteiger partial charge in [-0.25, -0.2) is 4.68 Å². The number of nitrogens with zero attached hydrogens (tertiary/aromatic N) is 3. The van der Waals surface area contributed by atoms with Crippen LogP contribution >= 0.6 is 11.6 Å². The molecule has 0 spiro atoms. The van der Waals surface area contributed by atoms with Gasteiger partial charge in [0, 0.05) is 10.6 Å². The maximum Gasteiger partial charge on any atom is 0.113 e. The van der Waals surface area contributed by atoms with Crippen LogP contribution in [-0.4, -0.2) is 15.0 Å². The molecule has 3 nitrogen and oxygen atoms in total. The summed E-state index contributed by atoms with van der Waals surface area (Å²) in [7, 11) is 0. The van der Waals surface area contributed by atoms with Crippen LogP contribution in [0.2, 0.25) is 5.02 Å². The molecule has 2 aromatic rings. The van der Waals surface area contributed by atoms with Gasteiger partial charge in [-0.2, -0.15) is 0 Å². The molecule has 0 fully saturated rings. The summed E-state index contributed by atoms with van der Waals surface area (Å²) in [6.07, 6.45) is 3.64. The predicted molar refractivity (Wildman–Crippen MR) is 60.7 cm³/mol. The molecule has 0 atom stereocenters. The molecule has 0 aliphatic rings. The highest BCUT2D eigenvalue weighted by Gasteiger charge is 2.02. The van der Waals surface area contributed by atoms with Crippen molar-refractivity contribution < 1.29 is 0 Å². The van der Waals surface area contributed by atoms with E-state index < -0.39 is 0 Å². The van der Waals surface area contributed by atoms with E-state index in [1.807, 2.05) is 30.5 Å². The maximum absolute atomic E-state index is 5.89. The van der Waals surface area contributed by atoms with Gasteiger partial charge in [0.2, 0.25) is 0 Å². The Hall–Kier alpha value is -1.61. The van der Waals surface area contributed by atoms with E-state index in [0.717, 1.165) is 11.3 Å². The lowest BCUT2D eigenvalue weighted by molar-refractivity contribution is 0.662. The van der Waals surface area contributed by atoms with Gasteiger partial charge in [-0.3, -0.25) is 0 Å². The second-order valence-corrected chi connectivity index (χ2v) is 3.56. The molecule has 0 saturated carbocycles. The zero-order valence-corrected chi connectivity index (χ0v) is 8.85. The second kappa shape index (κ2) is 4.28. The third-order valence-electron chi connectivity index (χ3n) is 1.98. The van der Waals surface area contributed by atoms with Crippen LogP contribution in [0, 0.1) is 0 Å². The molecule has 0 saturated heterocycles. The van der Waals surface area contributed by atoms with E-state index in [-0.39, 0.29) is 0 Å². The Labute approximate surface area is 93.0 Å². The fraction of sp³-hybridized carbons (Fsp3) is 0.0909. The van der Waals surface area contributed by atoms with Crippen LogP contribution in [-0.2, 0) is 6.54 Å². The van der Waals surface area contributed by atoms with Crippen molar-refractivity contribution in [3.8, 4) is 11.3 Å². The molecule has 0 aliphatic heterocycles.